The van der Waals surface area contributed by atoms with E-state index in [9.17, 15) is 19.2 Å². The second-order valence-electron chi connectivity index (χ2n) is 10.0. The molecular formula is C31H27N5O4S. The average Bonchev–Trinajstić information content (AvgIpc) is 3.47. The second-order valence-corrected chi connectivity index (χ2v) is 11.1. The van der Waals surface area contributed by atoms with Gasteiger partial charge in [0.25, 0.3) is 17.7 Å². The highest BCUT2D eigenvalue weighted by Gasteiger charge is 2.37. The van der Waals surface area contributed by atoms with Gasteiger partial charge in [-0.2, -0.15) is 0 Å². The van der Waals surface area contributed by atoms with Crippen LogP contribution in [0.5, 0.6) is 0 Å². The van der Waals surface area contributed by atoms with Crippen LogP contribution in [0.1, 0.15) is 50.6 Å². The number of nitrogens with zero attached hydrogens (tertiary/aromatic N) is 3. The zero-order valence-electron chi connectivity index (χ0n) is 22.6. The van der Waals surface area contributed by atoms with Crippen LogP contribution < -0.4 is 15.5 Å². The van der Waals surface area contributed by atoms with Crippen molar-refractivity contribution in [1.29, 1.82) is 0 Å². The van der Waals surface area contributed by atoms with Crippen molar-refractivity contribution in [3.05, 3.63) is 99.5 Å². The molecule has 10 heteroatoms. The van der Waals surface area contributed by atoms with Crippen molar-refractivity contribution >= 4 is 52.5 Å². The Bertz CT molecular complexity index is 1740. The van der Waals surface area contributed by atoms with E-state index in [1.54, 1.807) is 23.5 Å². The summed E-state index contributed by atoms with van der Waals surface area (Å²) < 4.78 is 2.02. The molecule has 2 N–H and O–H groups in total. The van der Waals surface area contributed by atoms with E-state index in [1.165, 1.54) is 23.3 Å². The molecule has 4 aromatic rings. The van der Waals surface area contributed by atoms with Gasteiger partial charge in [-0.05, 0) is 87.1 Å². The van der Waals surface area contributed by atoms with Crippen LogP contribution in [0, 0.1) is 13.8 Å². The van der Waals surface area contributed by atoms with Crippen molar-refractivity contribution in [2.75, 3.05) is 10.2 Å². The topological polar surface area (TPSA) is 113 Å². The van der Waals surface area contributed by atoms with Gasteiger partial charge < -0.3 is 9.88 Å². The molecule has 9 nitrogen and oxygen atoms in total. The fourth-order valence-corrected chi connectivity index (χ4v) is 6.94. The van der Waals surface area contributed by atoms with Gasteiger partial charge in [0.1, 0.15) is 10.6 Å². The molecule has 1 saturated heterocycles. The maximum Gasteiger partial charge on any atom is 0.336 e. The summed E-state index contributed by atoms with van der Waals surface area (Å²) in [5, 5.41) is 6.13. The van der Waals surface area contributed by atoms with Gasteiger partial charge in [-0.1, -0.05) is 18.2 Å². The monoisotopic (exact) mass is 565 g/mol. The standard InChI is InChI=1S/C31H27N5O4S/c1-18-15-20(16-24-27(37)34-31(40)36(29(24)39)22-11-8-14-32-17-22)19(2)35(18)30-26(23-12-6-7-13-25(23)41-30)28(38)33-21-9-4-3-5-10-21/h3-5,8-11,14-17H,6-7,12-13H2,1-2H3,(H,33,38)(H,34,37,40)/b24-16+. The molecule has 5 amide bonds. The zero-order valence-corrected chi connectivity index (χ0v) is 23.4. The summed E-state index contributed by atoms with van der Waals surface area (Å²) in [4.78, 5) is 58.5. The first-order chi connectivity index (χ1) is 19.8. The minimum absolute atomic E-state index is 0.162. The van der Waals surface area contributed by atoms with Crippen LogP contribution in [-0.4, -0.2) is 33.3 Å². The number of nitrogens with one attached hydrogen (secondary N) is 2. The fourth-order valence-electron chi connectivity index (χ4n) is 5.44. The number of carbonyl (C=O) groups is 4. The summed E-state index contributed by atoms with van der Waals surface area (Å²) in [5.74, 6) is -1.66. The maximum atomic E-state index is 13.7. The first-order valence-corrected chi connectivity index (χ1v) is 14.2. The molecule has 4 heterocycles. The fraction of sp³-hybridized carbons (Fsp3) is 0.194. The normalized spacial score (nSPS) is 16.1. The summed E-state index contributed by atoms with van der Waals surface area (Å²) in [6.07, 6.45) is 8.29. The lowest BCUT2D eigenvalue weighted by molar-refractivity contribution is -0.122. The molecule has 1 aliphatic heterocycles. The van der Waals surface area contributed by atoms with Crippen molar-refractivity contribution in [2.45, 2.75) is 39.5 Å². The van der Waals surface area contributed by atoms with Crippen molar-refractivity contribution in [3.63, 3.8) is 0 Å². The van der Waals surface area contributed by atoms with Crippen LogP contribution in [0.4, 0.5) is 16.2 Å². The quantitative estimate of drug-likeness (QED) is 0.250. The maximum absolute atomic E-state index is 13.7. The van der Waals surface area contributed by atoms with E-state index in [0.717, 1.165) is 58.2 Å². The first-order valence-electron chi connectivity index (χ1n) is 13.3. The largest absolute Gasteiger partial charge is 0.336 e. The minimum Gasteiger partial charge on any atom is -0.322 e. The third-order valence-electron chi connectivity index (χ3n) is 7.39. The van der Waals surface area contributed by atoms with Gasteiger partial charge in [0.05, 0.1) is 17.4 Å². The van der Waals surface area contributed by atoms with Gasteiger partial charge in [0.2, 0.25) is 0 Å². The number of barbiturate groups is 1. The van der Waals surface area contributed by atoms with Crippen LogP contribution in [0.2, 0.25) is 0 Å². The number of imide groups is 2. The number of urea groups is 1. The van der Waals surface area contributed by atoms with Crippen molar-refractivity contribution in [3.8, 4) is 5.00 Å². The second kappa shape index (κ2) is 10.6. The van der Waals surface area contributed by atoms with Crippen molar-refractivity contribution < 1.29 is 19.2 Å². The summed E-state index contributed by atoms with van der Waals surface area (Å²) in [7, 11) is 0. The highest BCUT2D eigenvalue weighted by Crippen LogP contribution is 2.39. The summed E-state index contributed by atoms with van der Waals surface area (Å²) >= 11 is 1.62. The van der Waals surface area contributed by atoms with Gasteiger partial charge in [0, 0.05) is 28.1 Å². The molecule has 206 valence electrons. The number of fused-ring (bicyclic) bond motifs is 1. The predicted octanol–water partition coefficient (Wildman–Crippen LogP) is 5.35. The highest BCUT2D eigenvalue weighted by molar-refractivity contribution is 7.15. The zero-order chi connectivity index (χ0) is 28.7. The number of rotatable bonds is 5. The Balaban J connectivity index is 1.42. The van der Waals surface area contributed by atoms with E-state index in [0.29, 0.717) is 11.1 Å². The third kappa shape index (κ3) is 4.76. The molecule has 2 aliphatic rings. The number of para-hydroxylation sites is 1. The predicted molar refractivity (Wildman–Crippen MR) is 157 cm³/mol. The van der Waals surface area contributed by atoms with E-state index in [4.69, 9.17) is 0 Å². The number of amides is 5. The number of anilines is 2. The summed E-state index contributed by atoms with van der Waals surface area (Å²) in [5.41, 5.74) is 4.83. The number of carbonyl (C=O) groups excluding carboxylic acids is 4. The summed E-state index contributed by atoms with van der Waals surface area (Å²) in [6.45, 7) is 3.83. The molecule has 1 aromatic carbocycles. The molecule has 0 spiro atoms. The molecule has 0 atom stereocenters. The molecule has 1 aliphatic carbocycles. The van der Waals surface area contributed by atoms with E-state index < -0.39 is 17.8 Å². The SMILES string of the molecule is Cc1cc(/C=C2\C(=O)NC(=O)N(c3cccnc3)C2=O)c(C)n1-c1sc2c(c1C(=O)Nc1ccccc1)CCCC2. The van der Waals surface area contributed by atoms with Crippen molar-refractivity contribution in [1.82, 2.24) is 14.9 Å². The van der Waals surface area contributed by atoms with Crippen molar-refractivity contribution in [2.24, 2.45) is 0 Å². The molecule has 0 unspecified atom stereocenters. The smallest absolute Gasteiger partial charge is 0.322 e. The highest BCUT2D eigenvalue weighted by atomic mass is 32.1. The number of benzene rings is 1. The third-order valence-corrected chi connectivity index (χ3v) is 8.67. The molecule has 0 bridgehead atoms. The lowest BCUT2D eigenvalue weighted by Gasteiger charge is -2.26. The molecule has 41 heavy (non-hydrogen) atoms. The Hall–Kier alpha value is -4.83. The molecule has 3 aromatic heterocycles. The van der Waals surface area contributed by atoms with Gasteiger partial charge in [-0.15, -0.1) is 11.3 Å². The van der Waals surface area contributed by atoms with Crippen LogP contribution in [0.25, 0.3) is 11.1 Å². The number of aromatic nitrogens is 2. The van der Waals surface area contributed by atoms with Crippen LogP contribution in [-0.2, 0) is 22.4 Å². The number of hydrogen-bond donors (Lipinski definition) is 2. The first kappa shape index (κ1) is 26.4. The Morgan fingerprint density at radius 1 is 1.05 bits per heavy atom. The average molecular weight is 566 g/mol. The Kier molecular flexibility index (Phi) is 6.84. The number of pyridine rings is 1. The molecule has 6 rings (SSSR count). The summed E-state index contributed by atoms with van der Waals surface area (Å²) in [6, 6.07) is 13.6. The van der Waals surface area contributed by atoms with Crippen LogP contribution >= 0.6 is 11.3 Å². The molecule has 0 radical (unpaired) electrons. The van der Waals surface area contributed by atoms with Crippen LogP contribution in [0.3, 0.4) is 0 Å². The molecular weight excluding hydrogens is 538 g/mol. The number of aryl methyl sites for hydroxylation is 2. The Labute approximate surface area is 240 Å². The Morgan fingerprint density at radius 2 is 1.83 bits per heavy atom. The number of hydrogen-bond acceptors (Lipinski definition) is 6. The number of thiophene rings is 1. The minimum atomic E-state index is -0.825. The van der Waals surface area contributed by atoms with E-state index in [2.05, 4.69) is 15.6 Å². The lowest BCUT2D eigenvalue weighted by atomic mass is 9.95. The Morgan fingerprint density at radius 3 is 2.59 bits per heavy atom. The van der Waals surface area contributed by atoms with Crippen LogP contribution in [0.15, 0.2) is 66.5 Å². The van der Waals surface area contributed by atoms with E-state index in [-0.39, 0.29) is 17.2 Å². The van der Waals surface area contributed by atoms with E-state index >= 15 is 0 Å². The molecule has 1 fully saturated rings. The van der Waals surface area contributed by atoms with E-state index in [1.807, 2.05) is 54.8 Å². The van der Waals surface area contributed by atoms with Gasteiger partial charge in [0.15, 0.2) is 0 Å². The van der Waals surface area contributed by atoms with Gasteiger partial charge in [-0.3, -0.25) is 24.7 Å². The van der Waals surface area contributed by atoms with Gasteiger partial charge >= 0.3 is 6.03 Å². The molecule has 0 saturated carbocycles. The lowest BCUT2D eigenvalue weighted by Crippen LogP contribution is -2.54. The van der Waals surface area contributed by atoms with Gasteiger partial charge in [-0.25, -0.2) is 9.69 Å².